The molecule has 6 heteroatoms. The van der Waals surface area contributed by atoms with Gasteiger partial charge in [0.2, 0.25) is 0 Å². The molecule has 1 aliphatic heterocycles. The van der Waals surface area contributed by atoms with Crippen molar-refractivity contribution in [2.75, 3.05) is 21.7 Å². The zero-order valence-corrected chi connectivity index (χ0v) is 15.2. The number of carbonyl (C=O) groups excluding carboxylic acids is 1. The summed E-state index contributed by atoms with van der Waals surface area (Å²) in [7, 11) is -3.09. The molecule has 1 N–H and O–H groups in total. The van der Waals surface area contributed by atoms with Crippen molar-refractivity contribution in [2.24, 2.45) is 0 Å². The van der Waals surface area contributed by atoms with E-state index in [4.69, 9.17) is 0 Å². The molecule has 2 aromatic carbocycles. The number of nitrogens with zero attached hydrogens (tertiary/aromatic N) is 1. The minimum atomic E-state index is -3.09. The van der Waals surface area contributed by atoms with Gasteiger partial charge in [0.1, 0.15) is 0 Å². The van der Waals surface area contributed by atoms with Gasteiger partial charge in [0.15, 0.2) is 9.84 Å². The summed E-state index contributed by atoms with van der Waals surface area (Å²) in [5, 5.41) is 2.87. The van der Waals surface area contributed by atoms with Gasteiger partial charge in [0.05, 0.1) is 17.5 Å². The first kappa shape index (κ1) is 17.5. The maximum absolute atomic E-state index is 12.9. The Morgan fingerprint density at radius 1 is 1.08 bits per heavy atom. The van der Waals surface area contributed by atoms with Crippen LogP contribution in [-0.4, -0.2) is 32.0 Å². The lowest BCUT2D eigenvalue weighted by Crippen LogP contribution is -2.44. The fourth-order valence-corrected chi connectivity index (χ4v) is 4.75. The van der Waals surface area contributed by atoms with Crippen LogP contribution < -0.4 is 10.2 Å². The molecule has 5 nitrogen and oxygen atoms in total. The summed E-state index contributed by atoms with van der Waals surface area (Å²) in [6, 6.07) is 14.3. The van der Waals surface area contributed by atoms with Crippen LogP contribution in [0.15, 0.2) is 48.5 Å². The second-order valence-corrected chi connectivity index (χ2v) is 8.72. The average molecular weight is 358 g/mol. The average Bonchev–Trinajstić information content (AvgIpc) is 2.91. The molecule has 1 saturated heterocycles. The van der Waals surface area contributed by atoms with Crippen molar-refractivity contribution in [3.05, 3.63) is 59.7 Å². The number of nitrogens with one attached hydrogen (secondary N) is 1. The van der Waals surface area contributed by atoms with E-state index in [1.165, 1.54) is 0 Å². The Hall–Kier alpha value is -2.34. The lowest BCUT2D eigenvalue weighted by molar-refractivity contribution is 0.255. The van der Waals surface area contributed by atoms with E-state index < -0.39 is 9.84 Å². The number of anilines is 2. The number of rotatable bonds is 3. The molecule has 1 aliphatic rings. The molecule has 0 bridgehead atoms. The predicted molar refractivity (Wildman–Crippen MR) is 101 cm³/mol. The molecule has 0 saturated carbocycles. The lowest BCUT2D eigenvalue weighted by Gasteiger charge is -2.29. The minimum absolute atomic E-state index is 0.00212. The molecule has 0 aliphatic carbocycles. The van der Waals surface area contributed by atoms with E-state index in [0.717, 1.165) is 16.8 Å². The fraction of sp³-hybridized carbons (Fsp3) is 0.316. The molecule has 0 aromatic heterocycles. The highest BCUT2D eigenvalue weighted by atomic mass is 32.2. The van der Waals surface area contributed by atoms with Crippen LogP contribution in [0.5, 0.6) is 0 Å². The van der Waals surface area contributed by atoms with Crippen molar-refractivity contribution in [2.45, 2.75) is 26.3 Å². The van der Waals surface area contributed by atoms with Crippen LogP contribution in [0, 0.1) is 13.8 Å². The number of para-hydroxylation sites is 1. The number of sulfone groups is 1. The van der Waals surface area contributed by atoms with Gasteiger partial charge in [-0.25, -0.2) is 13.2 Å². The first-order chi connectivity index (χ1) is 11.9. The van der Waals surface area contributed by atoms with Crippen LogP contribution in [0.2, 0.25) is 0 Å². The molecule has 3 rings (SSSR count). The summed E-state index contributed by atoms with van der Waals surface area (Å²) in [5.41, 5.74) is 3.60. The van der Waals surface area contributed by atoms with Crippen LogP contribution in [0.4, 0.5) is 16.2 Å². The highest BCUT2D eigenvalue weighted by Crippen LogP contribution is 2.27. The molecule has 132 valence electrons. The monoisotopic (exact) mass is 358 g/mol. The van der Waals surface area contributed by atoms with Gasteiger partial charge in [0, 0.05) is 11.4 Å². The molecule has 0 spiro atoms. The largest absolute Gasteiger partial charge is 0.326 e. The smallest absolute Gasteiger partial charge is 0.308 e. The Morgan fingerprint density at radius 2 is 1.80 bits per heavy atom. The first-order valence-electron chi connectivity index (χ1n) is 8.29. The Balaban J connectivity index is 1.93. The SMILES string of the molecule is Cc1ccc(N(C(=O)Nc2ccccc2)C2CCS(=O)(=O)C2)cc1C. The van der Waals surface area contributed by atoms with E-state index in [9.17, 15) is 13.2 Å². The molecule has 1 heterocycles. The zero-order chi connectivity index (χ0) is 18.0. The highest BCUT2D eigenvalue weighted by molar-refractivity contribution is 7.91. The first-order valence-corrected chi connectivity index (χ1v) is 10.1. The van der Waals surface area contributed by atoms with E-state index in [-0.39, 0.29) is 23.6 Å². The Bertz CT molecular complexity index is 879. The third kappa shape index (κ3) is 4.02. The second kappa shape index (κ2) is 6.88. The number of hydrogen-bond donors (Lipinski definition) is 1. The highest BCUT2D eigenvalue weighted by Gasteiger charge is 2.35. The van der Waals surface area contributed by atoms with E-state index in [1.54, 1.807) is 4.90 Å². The predicted octanol–water partition coefficient (Wildman–Crippen LogP) is 3.53. The standard InChI is InChI=1S/C19H22N2O3S/c1-14-8-9-17(12-15(14)2)21(18-10-11-25(23,24)13-18)19(22)20-16-6-4-3-5-7-16/h3-9,12,18H,10-11,13H2,1-2H3,(H,20,22). The third-order valence-electron chi connectivity index (χ3n) is 4.59. The number of aryl methyl sites for hydroxylation is 2. The minimum Gasteiger partial charge on any atom is -0.308 e. The Morgan fingerprint density at radius 3 is 2.40 bits per heavy atom. The summed E-state index contributed by atoms with van der Waals surface area (Å²) in [6.45, 7) is 3.99. The van der Waals surface area contributed by atoms with Gasteiger partial charge in [-0.15, -0.1) is 0 Å². The molecule has 2 aromatic rings. The van der Waals surface area contributed by atoms with Crippen LogP contribution in [-0.2, 0) is 9.84 Å². The summed E-state index contributed by atoms with van der Waals surface area (Å²) in [5.74, 6) is 0.125. The number of benzene rings is 2. The number of amides is 2. The Labute approximate surface area is 148 Å². The topological polar surface area (TPSA) is 66.5 Å². The zero-order valence-electron chi connectivity index (χ0n) is 14.4. The molecule has 0 radical (unpaired) electrons. The lowest BCUT2D eigenvalue weighted by atomic mass is 10.1. The van der Waals surface area contributed by atoms with Crippen molar-refractivity contribution in [1.29, 1.82) is 0 Å². The molecule has 25 heavy (non-hydrogen) atoms. The second-order valence-electron chi connectivity index (χ2n) is 6.49. The van der Waals surface area contributed by atoms with Crippen molar-refractivity contribution in [3.8, 4) is 0 Å². The van der Waals surface area contributed by atoms with Crippen molar-refractivity contribution >= 4 is 27.2 Å². The number of carbonyl (C=O) groups is 1. The molecule has 1 unspecified atom stereocenters. The van der Waals surface area contributed by atoms with E-state index in [1.807, 2.05) is 62.4 Å². The van der Waals surface area contributed by atoms with E-state index in [2.05, 4.69) is 5.32 Å². The Kier molecular flexibility index (Phi) is 4.81. The normalized spacial score (nSPS) is 18.7. The van der Waals surface area contributed by atoms with Crippen molar-refractivity contribution in [1.82, 2.24) is 0 Å². The summed E-state index contributed by atoms with van der Waals surface area (Å²) >= 11 is 0. The van der Waals surface area contributed by atoms with Crippen LogP contribution in [0.3, 0.4) is 0 Å². The number of urea groups is 1. The van der Waals surface area contributed by atoms with Gasteiger partial charge in [-0.05, 0) is 55.7 Å². The molecule has 1 atom stereocenters. The summed E-state index contributed by atoms with van der Waals surface area (Å²) in [4.78, 5) is 14.5. The van der Waals surface area contributed by atoms with Gasteiger partial charge in [-0.3, -0.25) is 4.90 Å². The van der Waals surface area contributed by atoms with Crippen molar-refractivity contribution in [3.63, 3.8) is 0 Å². The molecular weight excluding hydrogens is 336 g/mol. The summed E-state index contributed by atoms with van der Waals surface area (Å²) in [6.07, 6.45) is 0.456. The van der Waals surface area contributed by atoms with Gasteiger partial charge in [0.25, 0.3) is 0 Å². The van der Waals surface area contributed by atoms with Gasteiger partial charge in [-0.1, -0.05) is 24.3 Å². The number of hydrogen-bond acceptors (Lipinski definition) is 3. The maximum atomic E-state index is 12.9. The fourth-order valence-electron chi connectivity index (χ4n) is 3.05. The molecule has 2 amide bonds. The quantitative estimate of drug-likeness (QED) is 0.913. The van der Waals surface area contributed by atoms with E-state index in [0.29, 0.717) is 12.1 Å². The van der Waals surface area contributed by atoms with Gasteiger partial charge >= 0.3 is 6.03 Å². The van der Waals surface area contributed by atoms with Crippen molar-refractivity contribution < 1.29 is 13.2 Å². The molecular formula is C19H22N2O3S. The molecule has 1 fully saturated rings. The van der Waals surface area contributed by atoms with E-state index >= 15 is 0 Å². The summed E-state index contributed by atoms with van der Waals surface area (Å²) < 4.78 is 23.8. The van der Waals surface area contributed by atoms with Crippen LogP contribution in [0.1, 0.15) is 17.5 Å². The van der Waals surface area contributed by atoms with Crippen LogP contribution in [0.25, 0.3) is 0 Å². The van der Waals surface area contributed by atoms with Gasteiger partial charge in [-0.2, -0.15) is 0 Å². The van der Waals surface area contributed by atoms with Crippen LogP contribution >= 0.6 is 0 Å². The van der Waals surface area contributed by atoms with Gasteiger partial charge < -0.3 is 5.32 Å². The maximum Gasteiger partial charge on any atom is 0.326 e. The third-order valence-corrected chi connectivity index (χ3v) is 6.34.